The third-order valence-corrected chi connectivity index (χ3v) is 4.35. The van der Waals surface area contributed by atoms with Gasteiger partial charge in [0.15, 0.2) is 6.10 Å². The van der Waals surface area contributed by atoms with Crippen LogP contribution in [0, 0.1) is 0 Å². The maximum atomic E-state index is 11.8. The zero-order valence-corrected chi connectivity index (χ0v) is 17.7. The first-order valence-corrected chi connectivity index (χ1v) is 9.91. The molecule has 2 rings (SSSR count). The average Bonchev–Trinajstić information content (AvgIpc) is 2.67. The van der Waals surface area contributed by atoms with Crippen molar-refractivity contribution in [3.05, 3.63) is 59.1 Å². The van der Waals surface area contributed by atoms with E-state index < -0.39 is 31.1 Å². The summed E-state index contributed by atoms with van der Waals surface area (Å²) < 4.78 is 14.0. The maximum absolute atomic E-state index is 11.8. The van der Waals surface area contributed by atoms with Gasteiger partial charge in [-0.1, -0.05) is 48.0 Å². The van der Waals surface area contributed by atoms with Gasteiger partial charge in [-0.05, 0) is 55.5 Å². The Labute approximate surface area is 180 Å². The van der Waals surface area contributed by atoms with Gasteiger partial charge >= 0.3 is 12.1 Å². The molecule has 0 spiro atoms. The molecule has 0 fully saturated rings. The number of rotatable bonds is 9. The summed E-state index contributed by atoms with van der Waals surface area (Å²) in [6, 6.07) is 14.9. The van der Waals surface area contributed by atoms with E-state index in [-0.39, 0.29) is 12.5 Å². The summed E-state index contributed by atoms with van der Waals surface area (Å²) in [6.07, 6.45) is -2.25. The lowest BCUT2D eigenvalue weighted by Crippen LogP contribution is -2.34. The summed E-state index contributed by atoms with van der Waals surface area (Å²) in [5.41, 5.74) is 9.05. The molecular weight excluding hydrogens is 410 g/mol. The fourth-order valence-electron chi connectivity index (χ4n) is 2.73. The van der Waals surface area contributed by atoms with Gasteiger partial charge in [-0.2, -0.15) is 0 Å². The van der Waals surface area contributed by atoms with Gasteiger partial charge in [0.1, 0.15) is 0 Å². The molecule has 0 bridgehead atoms. The lowest BCUT2D eigenvalue weighted by atomic mass is 9.98. The van der Waals surface area contributed by atoms with E-state index in [9.17, 15) is 14.7 Å². The van der Waals surface area contributed by atoms with E-state index in [4.69, 9.17) is 26.8 Å². The van der Waals surface area contributed by atoms with E-state index in [1.807, 2.05) is 48.5 Å². The highest BCUT2D eigenvalue weighted by Crippen LogP contribution is 2.23. The molecule has 2 aromatic carbocycles. The van der Waals surface area contributed by atoms with Gasteiger partial charge < -0.3 is 25.1 Å². The van der Waals surface area contributed by atoms with Crippen LogP contribution in [0.3, 0.4) is 0 Å². The molecule has 8 heteroatoms. The highest BCUT2D eigenvalue weighted by atomic mass is 35.5. The van der Waals surface area contributed by atoms with Gasteiger partial charge in [0.2, 0.25) is 6.79 Å². The van der Waals surface area contributed by atoms with Crippen LogP contribution in [0.1, 0.15) is 25.8 Å². The lowest BCUT2D eigenvalue weighted by Gasteiger charge is -2.16. The molecule has 0 aliphatic rings. The van der Waals surface area contributed by atoms with E-state index >= 15 is 0 Å². The molecule has 2 aromatic rings. The Morgan fingerprint density at radius 3 is 2.40 bits per heavy atom. The number of nitrogens with two attached hydrogens (primary N) is 1. The molecular formula is C22H26ClNO6. The highest BCUT2D eigenvalue weighted by Gasteiger charge is 2.21. The molecule has 0 heterocycles. The van der Waals surface area contributed by atoms with Crippen molar-refractivity contribution in [2.75, 3.05) is 6.79 Å². The van der Waals surface area contributed by atoms with Crippen LogP contribution in [0.5, 0.6) is 0 Å². The van der Waals surface area contributed by atoms with E-state index in [0.717, 1.165) is 16.7 Å². The van der Waals surface area contributed by atoms with Crippen molar-refractivity contribution < 1.29 is 28.9 Å². The first kappa shape index (κ1) is 23.7. The van der Waals surface area contributed by atoms with Crippen LogP contribution in [0.25, 0.3) is 11.1 Å². The second-order valence-corrected chi connectivity index (χ2v) is 7.50. The Balaban J connectivity index is 1.78. The number of hydrogen-bond acceptors (Lipinski definition) is 7. The summed E-state index contributed by atoms with van der Waals surface area (Å²) in [4.78, 5) is 23.0. The van der Waals surface area contributed by atoms with Crippen LogP contribution in [-0.2, 0) is 25.4 Å². The minimum atomic E-state index is -1.42. The van der Waals surface area contributed by atoms with Gasteiger partial charge in [-0.25, -0.2) is 9.59 Å². The molecule has 0 unspecified atom stereocenters. The predicted octanol–water partition coefficient (Wildman–Crippen LogP) is 3.69. The van der Waals surface area contributed by atoms with Crippen LogP contribution in [0.15, 0.2) is 48.5 Å². The molecule has 0 aliphatic heterocycles. The van der Waals surface area contributed by atoms with Crippen LogP contribution >= 0.6 is 11.6 Å². The SMILES string of the molecule is CC(C)OC(=O)OCOC(=O)[C@H](O)C[C@H](N)Cc1ccc(-c2cccc(Cl)c2)cc1. The number of esters is 1. The van der Waals surface area contributed by atoms with E-state index in [0.29, 0.717) is 11.4 Å². The van der Waals surface area contributed by atoms with Crippen LogP contribution in [0.4, 0.5) is 4.79 Å². The van der Waals surface area contributed by atoms with Crippen molar-refractivity contribution in [3.8, 4) is 11.1 Å². The van der Waals surface area contributed by atoms with Gasteiger partial charge in [0.05, 0.1) is 6.10 Å². The van der Waals surface area contributed by atoms with Crippen molar-refractivity contribution in [2.24, 2.45) is 5.73 Å². The largest absolute Gasteiger partial charge is 0.511 e. The first-order chi connectivity index (χ1) is 14.2. The second-order valence-electron chi connectivity index (χ2n) is 7.07. The fraction of sp³-hybridized carbons (Fsp3) is 0.364. The summed E-state index contributed by atoms with van der Waals surface area (Å²) in [7, 11) is 0. The highest BCUT2D eigenvalue weighted by molar-refractivity contribution is 6.30. The summed E-state index contributed by atoms with van der Waals surface area (Å²) in [6.45, 7) is 2.67. The van der Waals surface area contributed by atoms with Crippen molar-refractivity contribution >= 4 is 23.7 Å². The van der Waals surface area contributed by atoms with E-state index in [1.165, 1.54) is 0 Å². The fourth-order valence-corrected chi connectivity index (χ4v) is 2.92. The molecule has 162 valence electrons. The van der Waals surface area contributed by atoms with Crippen molar-refractivity contribution in [2.45, 2.75) is 44.9 Å². The van der Waals surface area contributed by atoms with E-state index in [2.05, 4.69) is 4.74 Å². The Morgan fingerprint density at radius 1 is 1.07 bits per heavy atom. The van der Waals surface area contributed by atoms with Gasteiger partial charge in [-0.15, -0.1) is 0 Å². The number of benzene rings is 2. The Morgan fingerprint density at radius 2 is 1.77 bits per heavy atom. The summed E-state index contributed by atoms with van der Waals surface area (Å²) in [5, 5.41) is 10.6. The second kappa shape index (κ2) is 11.5. The Hall–Kier alpha value is -2.61. The number of ether oxygens (including phenoxy) is 3. The van der Waals surface area contributed by atoms with Crippen LogP contribution in [0.2, 0.25) is 5.02 Å². The normalized spacial score (nSPS) is 12.9. The molecule has 30 heavy (non-hydrogen) atoms. The molecule has 0 saturated heterocycles. The Bertz CT molecular complexity index is 840. The molecule has 0 radical (unpaired) electrons. The number of carbonyl (C=O) groups is 2. The summed E-state index contributed by atoms with van der Waals surface area (Å²) >= 11 is 6.03. The monoisotopic (exact) mass is 435 g/mol. The van der Waals surface area contributed by atoms with E-state index in [1.54, 1.807) is 13.8 Å². The molecule has 7 nitrogen and oxygen atoms in total. The van der Waals surface area contributed by atoms with Gasteiger partial charge in [0, 0.05) is 11.1 Å². The zero-order chi connectivity index (χ0) is 22.1. The zero-order valence-electron chi connectivity index (χ0n) is 16.9. The van der Waals surface area contributed by atoms with Crippen LogP contribution < -0.4 is 5.73 Å². The van der Waals surface area contributed by atoms with Crippen LogP contribution in [-0.4, -0.2) is 42.3 Å². The topological polar surface area (TPSA) is 108 Å². The molecule has 0 saturated carbocycles. The number of halogens is 1. The molecule has 3 N–H and O–H groups in total. The number of aliphatic hydroxyl groups excluding tert-OH is 1. The smallest absolute Gasteiger partial charge is 0.431 e. The minimum Gasteiger partial charge on any atom is -0.431 e. The quantitative estimate of drug-likeness (QED) is 0.456. The molecule has 0 amide bonds. The van der Waals surface area contributed by atoms with Gasteiger partial charge in [0.25, 0.3) is 0 Å². The standard InChI is InChI=1S/C22H26ClNO6/c1-14(2)30-22(27)29-13-28-21(26)20(25)12-19(24)10-15-6-8-16(9-7-15)17-4-3-5-18(23)11-17/h3-9,11,14,19-20,25H,10,12-13,24H2,1-2H3/t19-,20-/m1/s1. The molecule has 0 aromatic heterocycles. The Kier molecular flexibility index (Phi) is 9.11. The van der Waals surface area contributed by atoms with Gasteiger partial charge in [-0.3, -0.25) is 0 Å². The third kappa shape index (κ3) is 8.02. The molecule has 2 atom stereocenters. The van der Waals surface area contributed by atoms with Crippen molar-refractivity contribution in [1.82, 2.24) is 0 Å². The lowest BCUT2D eigenvalue weighted by molar-refractivity contribution is -0.164. The number of hydrogen-bond donors (Lipinski definition) is 2. The average molecular weight is 436 g/mol. The van der Waals surface area contributed by atoms with Crippen molar-refractivity contribution in [1.29, 1.82) is 0 Å². The maximum Gasteiger partial charge on any atom is 0.511 e. The van der Waals surface area contributed by atoms with Crippen molar-refractivity contribution in [3.63, 3.8) is 0 Å². The summed E-state index contributed by atoms with van der Waals surface area (Å²) in [5.74, 6) is -0.917. The number of aliphatic hydroxyl groups is 1. The third-order valence-electron chi connectivity index (χ3n) is 4.12. The number of carbonyl (C=O) groups excluding carboxylic acids is 2. The first-order valence-electron chi connectivity index (χ1n) is 9.53. The predicted molar refractivity (Wildman–Crippen MR) is 113 cm³/mol. The minimum absolute atomic E-state index is 0.00528. The molecule has 0 aliphatic carbocycles.